The molecule has 0 aromatic rings. The van der Waals surface area contributed by atoms with E-state index in [1.165, 1.54) is 11.8 Å². The molecule has 112 valence electrons. The Morgan fingerprint density at radius 2 is 2.21 bits per heavy atom. The third-order valence-corrected chi connectivity index (χ3v) is 4.69. The number of hydrogen-bond acceptors (Lipinski definition) is 4. The van der Waals surface area contributed by atoms with Crippen LogP contribution in [0.5, 0.6) is 0 Å². The number of thioether (sulfide) groups is 1. The Morgan fingerprint density at radius 3 is 2.58 bits per heavy atom. The fourth-order valence-corrected chi connectivity index (χ4v) is 2.76. The maximum atomic E-state index is 13.1. The second-order valence-electron chi connectivity index (χ2n) is 4.73. The van der Waals surface area contributed by atoms with Crippen LogP contribution in [0.1, 0.15) is 13.3 Å². The van der Waals surface area contributed by atoms with Crippen LogP contribution in [-0.2, 0) is 4.79 Å². The molecule has 1 rings (SSSR count). The number of rotatable bonds is 5. The van der Waals surface area contributed by atoms with E-state index >= 15 is 0 Å². The third kappa shape index (κ3) is 3.35. The molecule has 3 unspecified atom stereocenters. The molecule has 0 bridgehead atoms. The largest absolute Gasteiger partial charge is 0.404 e. The van der Waals surface area contributed by atoms with Crippen LogP contribution in [-0.4, -0.2) is 54.4 Å². The Morgan fingerprint density at radius 1 is 1.58 bits per heavy atom. The predicted molar refractivity (Wildman–Crippen MR) is 68.0 cm³/mol. The first-order valence-electron chi connectivity index (χ1n) is 6.00. The van der Waals surface area contributed by atoms with Crippen LogP contribution in [0.4, 0.5) is 13.2 Å². The van der Waals surface area contributed by atoms with Crippen molar-refractivity contribution in [1.82, 2.24) is 10.6 Å². The highest BCUT2D eigenvalue weighted by Crippen LogP contribution is 2.43. The average molecular weight is 300 g/mol. The summed E-state index contributed by atoms with van der Waals surface area (Å²) in [4.78, 5) is 12.0. The molecule has 3 atom stereocenters. The summed E-state index contributed by atoms with van der Waals surface area (Å²) in [5.74, 6) is -1.01. The van der Waals surface area contributed by atoms with E-state index in [1.807, 2.05) is 0 Å². The standard InChI is InChI=1S/C11H19F3N2O2S/c1-7(8(5-17)19-2)16-9(18)10(11(12,13)14)3-4-15-6-10/h7-8,15,17H,3-6H2,1-2H3,(H,16,18). The van der Waals surface area contributed by atoms with Gasteiger partial charge in [0.1, 0.15) is 0 Å². The molecule has 3 N–H and O–H groups in total. The number of alkyl halides is 3. The van der Waals surface area contributed by atoms with Crippen molar-refractivity contribution in [2.45, 2.75) is 30.8 Å². The number of nitrogens with one attached hydrogen (secondary N) is 2. The van der Waals surface area contributed by atoms with Crippen molar-refractivity contribution in [2.75, 3.05) is 26.0 Å². The lowest BCUT2D eigenvalue weighted by Gasteiger charge is -2.32. The average Bonchev–Trinajstić information content (AvgIpc) is 2.80. The smallest absolute Gasteiger partial charge is 0.395 e. The quantitative estimate of drug-likeness (QED) is 0.701. The molecular weight excluding hydrogens is 281 g/mol. The summed E-state index contributed by atoms with van der Waals surface area (Å²) in [5, 5.41) is 13.8. The van der Waals surface area contributed by atoms with Gasteiger partial charge in [0.2, 0.25) is 5.91 Å². The van der Waals surface area contributed by atoms with Crippen molar-refractivity contribution in [3.63, 3.8) is 0 Å². The van der Waals surface area contributed by atoms with Crippen LogP contribution in [0, 0.1) is 5.41 Å². The van der Waals surface area contributed by atoms with E-state index in [9.17, 15) is 18.0 Å². The van der Waals surface area contributed by atoms with Crippen molar-refractivity contribution in [2.24, 2.45) is 5.41 Å². The Balaban J connectivity index is 2.80. The van der Waals surface area contributed by atoms with E-state index in [-0.39, 0.29) is 24.8 Å². The van der Waals surface area contributed by atoms with Crippen LogP contribution in [0.15, 0.2) is 0 Å². The fourth-order valence-electron chi connectivity index (χ4n) is 2.13. The normalized spacial score (nSPS) is 27.1. The minimum absolute atomic E-state index is 0.174. The monoisotopic (exact) mass is 300 g/mol. The van der Waals surface area contributed by atoms with Gasteiger partial charge in [-0.15, -0.1) is 0 Å². The summed E-state index contributed by atoms with van der Waals surface area (Å²) in [6.07, 6.45) is -3.09. The van der Waals surface area contributed by atoms with Gasteiger partial charge in [0.25, 0.3) is 0 Å². The van der Waals surface area contributed by atoms with E-state index in [0.717, 1.165) is 0 Å². The van der Waals surface area contributed by atoms with Crippen LogP contribution in [0.2, 0.25) is 0 Å². The van der Waals surface area contributed by atoms with E-state index in [1.54, 1.807) is 13.2 Å². The summed E-state index contributed by atoms with van der Waals surface area (Å²) < 4.78 is 39.4. The molecule has 1 saturated heterocycles. The number of hydrogen-bond donors (Lipinski definition) is 3. The van der Waals surface area contributed by atoms with Crippen LogP contribution >= 0.6 is 11.8 Å². The zero-order valence-corrected chi connectivity index (χ0v) is 11.7. The lowest BCUT2D eigenvalue weighted by Crippen LogP contribution is -2.55. The molecule has 0 aromatic heterocycles. The highest BCUT2D eigenvalue weighted by atomic mass is 32.2. The molecule has 8 heteroatoms. The first kappa shape index (κ1) is 16.6. The molecule has 4 nitrogen and oxygen atoms in total. The van der Waals surface area contributed by atoms with Gasteiger partial charge in [0, 0.05) is 17.8 Å². The number of carbonyl (C=O) groups excluding carboxylic acids is 1. The number of aliphatic hydroxyl groups excluding tert-OH is 1. The Labute approximate surface area is 114 Å². The van der Waals surface area contributed by atoms with Crippen molar-refractivity contribution >= 4 is 17.7 Å². The minimum Gasteiger partial charge on any atom is -0.395 e. The van der Waals surface area contributed by atoms with Gasteiger partial charge in [-0.25, -0.2) is 0 Å². The summed E-state index contributed by atoms with van der Waals surface area (Å²) in [6, 6.07) is -0.521. The Hall–Kier alpha value is -0.470. The number of amides is 1. The number of halogens is 3. The fraction of sp³-hybridized carbons (Fsp3) is 0.909. The zero-order chi connectivity index (χ0) is 14.7. The van der Waals surface area contributed by atoms with E-state index < -0.39 is 30.1 Å². The van der Waals surface area contributed by atoms with Gasteiger partial charge in [-0.05, 0) is 26.1 Å². The molecule has 1 heterocycles. The summed E-state index contributed by atoms with van der Waals surface area (Å²) in [5.41, 5.74) is -2.35. The van der Waals surface area contributed by atoms with E-state index in [2.05, 4.69) is 10.6 Å². The topological polar surface area (TPSA) is 61.4 Å². The van der Waals surface area contributed by atoms with E-state index in [0.29, 0.717) is 0 Å². The first-order valence-corrected chi connectivity index (χ1v) is 7.29. The van der Waals surface area contributed by atoms with Gasteiger partial charge in [0.05, 0.1) is 6.61 Å². The number of carbonyl (C=O) groups is 1. The van der Waals surface area contributed by atoms with Crippen molar-refractivity contribution in [3.05, 3.63) is 0 Å². The van der Waals surface area contributed by atoms with Crippen molar-refractivity contribution in [3.8, 4) is 0 Å². The number of aliphatic hydroxyl groups is 1. The molecule has 19 heavy (non-hydrogen) atoms. The summed E-state index contributed by atoms with van der Waals surface area (Å²) in [6.45, 7) is 1.19. The van der Waals surface area contributed by atoms with E-state index in [4.69, 9.17) is 5.11 Å². The van der Waals surface area contributed by atoms with Crippen molar-refractivity contribution in [1.29, 1.82) is 0 Å². The van der Waals surface area contributed by atoms with Crippen LogP contribution < -0.4 is 10.6 Å². The Bertz CT molecular complexity index is 316. The molecule has 1 amide bonds. The van der Waals surface area contributed by atoms with Gasteiger partial charge in [0.15, 0.2) is 5.41 Å². The van der Waals surface area contributed by atoms with Gasteiger partial charge in [-0.2, -0.15) is 24.9 Å². The molecule has 0 aromatic carbocycles. The van der Waals surface area contributed by atoms with Crippen LogP contribution in [0.25, 0.3) is 0 Å². The summed E-state index contributed by atoms with van der Waals surface area (Å²) >= 11 is 1.31. The van der Waals surface area contributed by atoms with Gasteiger partial charge in [-0.1, -0.05) is 0 Å². The maximum absolute atomic E-state index is 13.1. The lowest BCUT2D eigenvalue weighted by molar-refractivity contribution is -0.216. The molecule has 1 aliphatic heterocycles. The maximum Gasteiger partial charge on any atom is 0.404 e. The Kier molecular flexibility index (Phi) is 5.52. The lowest BCUT2D eigenvalue weighted by atomic mass is 9.85. The van der Waals surface area contributed by atoms with Crippen molar-refractivity contribution < 1.29 is 23.1 Å². The van der Waals surface area contributed by atoms with Crippen LogP contribution in [0.3, 0.4) is 0 Å². The highest BCUT2D eigenvalue weighted by molar-refractivity contribution is 7.99. The molecule has 0 aliphatic carbocycles. The highest BCUT2D eigenvalue weighted by Gasteiger charge is 2.61. The molecular formula is C11H19F3N2O2S. The molecule has 0 radical (unpaired) electrons. The van der Waals surface area contributed by atoms with Gasteiger partial charge in [-0.3, -0.25) is 4.79 Å². The van der Waals surface area contributed by atoms with Gasteiger partial charge < -0.3 is 15.7 Å². The SMILES string of the molecule is CSC(CO)C(C)NC(=O)C1(C(F)(F)F)CCNC1. The molecule has 1 aliphatic rings. The molecule has 0 saturated carbocycles. The predicted octanol–water partition coefficient (Wildman–Crippen LogP) is 0.757. The second kappa shape index (κ2) is 6.32. The van der Waals surface area contributed by atoms with Gasteiger partial charge >= 0.3 is 6.18 Å². The minimum atomic E-state index is -4.58. The zero-order valence-electron chi connectivity index (χ0n) is 10.9. The molecule has 0 spiro atoms. The summed E-state index contributed by atoms with van der Waals surface area (Å²) in [7, 11) is 0. The first-order chi connectivity index (χ1) is 8.78. The third-order valence-electron chi connectivity index (χ3n) is 3.53. The second-order valence-corrected chi connectivity index (χ2v) is 5.80. The molecule has 1 fully saturated rings.